The minimum atomic E-state index is -0.642. The van der Waals surface area contributed by atoms with Crippen LogP contribution in [0, 0.1) is 11.3 Å². The number of benzene rings is 3. The molecule has 0 aliphatic heterocycles. The highest BCUT2D eigenvalue weighted by Gasteiger charge is 2.12. The summed E-state index contributed by atoms with van der Waals surface area (Å²) in [5, 5.41) is 9.10. The summed E-state index contributed by atoms with van der Waals surface area (Å²) in [6, 6.07) is 29.7. The van der Waals surface area contributed by atoms with E-state index in [1.807, 2.05) is 91.0 Å². The third-order valence-electron chi connectivity index (χ3n) is 4.02. The van der Waals surface area contributed by atoms with Gasteiger partial charge in [0.1, 0.15) is 11.6 Å². The van der Waals surface area contributed by atoms with Gasteiger partial charge in [-0.15, -0.1) is 0 Å². The number of nitriles is 1. The number of hydrogen-bond acceptors (Lipinski definition) is 4. The molecule has 0 fully saturated rings. The predicted molar refractivity (Wildman–Crippen MR) is 107 cm³/mol. The molecular formula is C23H18N2O2. The Morgan fingerprint density at radius 2 is 1.33 bits per heavy atom. The van der Waals surface area contributed by atoms with Gasteiger partial charge in [-0.2, -0.15) is 5.26 Å². The highest BCUT2D eigenvalue weighted by Crippen LogP contribution is 2.34. The van der Waals surface area contributed by atoms with Gasteiger partial charge in [-0.05, 0) is 48.0 Å². The van der Waals surface area contributed by atoms with Crippen LogP contribution >= 0.6 is 0 Å². The Morgan fingerprint density at radius 3 is 1.78 bits per heavy atom. The number of carbonyl (C=O) groups is 1. The van der Waals surface area contributed by atoms with Gasteiger partial charge >= 0.3 is 5.97 Å². The molecule has 0 aromatic heterocycles. The van der Waals surface area contributed by atoms with E-state index in [2.05, 4.69) is 9.64 Å². The first-order valence-corrected chi connectivity index (χ1v) is 8.43. The van der Waals surface area contributed by atoms with Crippen LogP contribution < -0.4 is 4.90 Å². The van der Waals surface area contributed by atoms with Crippen molar-refractivity contribution in [3.05, 3.63) is 96.1 Å². The van der Waals surface area contributed by atoms with Crippen molar-refractivity contribution < 1.29 is 9.53 Å². The van der Waals surface area contributed by atoms with Crippen molar-refractivity contribution >= 4 is 29.1 Å². The Balaban J connectivity index is 1.99. The topological polar surface area (TPSA) is 53.3 Å². The molecule has 27 heavy (non-hydrogen) atoms. The molecular weight excluding hydrogens is 336 g/mol. The predicted octanol–water partition coefficient (Wildman–Crippen LogP) is 5.24. The molecule has 0 aliphatic carbocycles. The van der Waals surface area contributed by atoms with Gasteiger partial charge < -0.3 is 9.64 Å². The molecule has 0 N–H and O–H groups in total. The normalized spacial score (nSPS) is 10.7. The van der Waals surface area contributed by atoms with E-state index < -0.39 is 5.97 Å². The average Bonchev–Trinajstić information content (AvgIpc) is 2.74. The van der Waals surface area contributed by atoms with E-state index in [0.29, 0.717) is 0 Å². The summed E-state index contributed by atoms with van der Waals surface area (Å²) in [4.78, 5) is 13.7. The van der Waals surface area contributed by atoms with Crippen LogP contribution in [0.2, 0.25) is 0 Å². The first kappa shape index (κ1) is 18.0. The molecule has 0 radical (unpaired) electrons. The zero-order valence-corrected chi connectivity index (χ0v) is 14.9. The highest BCUT2D eigenvalue weighted by atomic mass is 16.5. The quantitative estimate of drug-likeness (QED) is 0.357. The Bertz CT molecular complexity index is 933. The smallest absolute Gasteiger partial charge is 0.348 e. The van der Waals surface area contributed by atoms with Crippen LogP contribution in [0.5, 0.6) is 0 Å². The van der Waals surface area contributed by atoms with Crippen molar-refractivity contribution in [3.8, 4) is 6.07 Å². The molecule has 0 saturated heterocycles. The van der Waals surface area contributed by atoms with Crippen LogP contribution in [-0.2, 0) is 9.53 Å². The standard InChI is InChI=1S/C23H18N2O2/c1-27-23(26)19(17-24)16-18-12-14-22(15-13-18)25(20-8-4-2-5-9-20)21-10-6-3-7-11-21/h2-16H,1H3/b19-16+. The second kappa shape index (κ2) is 8.50. The van der Waals surface area contributed by atoms with Gasteiger partial charge in [0.05, 0.1) is 7.11 Å². The van der Waals surface area contributed by atoms with Crippen molar-refractivity contribution in [2.45, 2.75) is 0 Å². The lowest BCUT2D eigenvalue weighted by molar-refractivity contribution is -0.135. The molecule has 0 spiro atoms. The summed E-state index contributed by atoms with van der Waals surface area (Å²) in [6.45, 7) is 0. The van der Waals surface area contributed by atoms with Gasteiger partial charge in [0.15, 0.2) is 0 Å². The molecule has 132 valence electrons. The maximum atomic E-state index is 11.6. The number of anilines is 3. The molecule has 3 aromatic carbocycles. The third-order valence-corrected chi connectivity index (χ3v) is 4.02. The lowest BCUT2D eigenvalue weighted by Crippen LogP contribution is -2.09. The van der Waals surface area contributed by atoms with E-state index in [1.165, 1.54) is 13.2 Å². The lowest BCUT2D eigenvalue weighted by Gasteiger charge is -2.25. The highest BCUT2D eigenvalue weighted by molar-refractivity contribution is 5.97. The fraction of sp³-hybridized carbons (Fsp3) is 0.0435. The van der Waals surface area contributed by atoms with E-state index in [0.717, 1.165) is 22.6 Å². The molecule has 4 nitrogen and oxygen atoms in total. The zero-order chi connectivity index (χ0) is 19.1. The van der Waals surface area contributed by atoms with Crippen LogP contribution in [0.15, 0.2) is 90.5 Å². The van der Waals surface area contributed by atoms with Gasteiger partial charge in [-0.1, -0.05) is 48.5 Å². The summed E-state index contributed by atoms with van der Waals surface area (Å²) in [7, 11) is 1.26. The van der Waals surface area contributed by atoms with Crippen molar-refractivity contribution in [2.24, 2.45) is 0 Å². The van der Waals surface area contributed by atoms with Gasteiger partial charge in [-0.25, -0.2) is 4.79 Å². The summed E-state index contributed by atoms with van der Waals surface area (Å²) in [5.74, 6) is -0.642. The van der Waals surface area contributed by atoms with Crippen molar-refractivity contribution in [1.82, 2.24) is 0 Å². The van der Waals surface area contributed by atoms with Crippen molar-refractivity contribution in [3.63, 3.8) is 0 Å². The zero-order valence-electron chi connectivity index (χ0n) is 14.9. The van der Waals surface area contributed by atoms with Gasteiger partial charge in [-0.3, -0.25) is 0 Å². The Labute approximate surface area is 158 Å². The van der Waals surface area contributed by atoms with E-state index in [9.17, 15) is 4.79 Å². The number of esters is 1. The SMILES string of the molecule is COC(=O)/C(C#N)=C/c1ccc(N(c2ccccc2)c2ccccc2)cc1. The number of hydrogen-bond donors (Lipinski definition) is 0. The van der Waals surface area contributed by atoms with Gasteiger partial charge in [0.25, 0.3) is 0 Å². The van der Waals surface area contributed by atoms with Gasteiger partial charge in [0, 0.05) is 17.1 Å². The molecule has 3 rings (SSSR count). The summed E-state index contributed by atoms with van der Waals surface area (Å²) < 4.78 is 4.62. The number of rotatable bonds is 5. The van der Waals surface area contributed by atoms with Crippen LogP contribution in [0.1, 0.15) is 5.56 Å². The van der Waals surface area contributed by atoms with Crippen molar-refractivity contribution in [2.75, 3.05) is 12.0 Å². The minimum absolute atomic E-state index is 0.0341. The first-order valence-electron chi connectivity index (χ1n) is 8.43. The average molecular weight is 354 g/mol. The van der Waals surface area contributed by atoms with E-state index in [1.54, 1.807) is 0 Å². The minimum Gasteiger partial charge on any atom is -0.465 e. The lowest BCUT2D eigenvalue weighted by atomic mass is 10.1. The second-order valence-corrected chi connectivity index (χ2v) is 5.76. The number of ether oxygens (including phenoxy) is 1. The van der Waals surface area contributed by atoms with E-state index >= 15 is 0 Å². The van der Waals surface area contributed by atoms with E-state index in [4.69, 9.17) is 5.26 Å². The molecule has 4 heteroatoms. The third kappa shape index (κ3) is 4.23. The Morgan fingerprint density at radius 1 is 0.852 bits per heavy atom. The fourth-order valence-electron chi connectivity index (χ4n) is 2.73. The molecule has 0 heterocycles. The van der Waals surface area contributed by atoms with Crippen LogP contribution in [0.3, 0.4) is 0 Å². The number of para-hydroxylation sites is 2. The Kier molecular flexibility index (Phi) is 5.66. The molecule has 0 saturated carbocycles. The summed E-state index contributed by atoms with van der Waals surface area (Å²) in [6.07, 6.45) is 1.52. The monoisotopic (exact) mass is 354 g/mol. The largest absolute Gasteiger partial charge is 0.465 e. The summed E-state index contributed by atoms with van der Waals surface area (Å²) >= 11 is 0. The second-order valence-electron chi connectivity index (χ2n) is 5.76. The number of nitrogens with zero attached hydrogens (tertiary/aromatic N) is 2. The molecule has 0 aliphatic rings. The maximum Gasteiger partial charge on any atom is 0.348 e. The first-order chi connectivity index (χ1) is 13.2. The Hall–Kier alpha value is -3.84. The van der Waals surface area contributed by atoms with Crippen molar-refractivity contribution in [1.29, 1.82) is 5.26 Å². The molecule has 3 aromatic rings. The molecule has 0 unspecified atom stereocenters. The fourth-order valence-corrected chi connectivity index (χ4v) is 2.73. The number of methoxy groups -OCH3 is 1. The maximum absolute atomic E-state index is 11.6. The van der Waals surface area contributed by atoms with Crippen LogP contribution in [0.4, 0.5) is 17.1 Å². The number of carbonyl (C=O) groups excluding carboxylic acids is 1. The van der Waals surface area contributed by atoms with E-state index in [-0.39, 0.29) is 5.57 Å². The van der Waals surface area contributed by atoms with Crippen LogP contribution in [0.25, 0.3) is 6.08 Å². The molecule has 0 atom stereocenters. The summed E-state index contributed by atoms with van der Waals surface area (Å²) in [5.41, 5.74) is 3.77. The molecule has 0 amide bonds. The van der Waals surface area contributed by atoms with Gasteiger partial charge in [0.2, 0.25) is 0 Å². The van der Waals surface area contributed by atoms with Crippen LogP contribution in [-0.4, -0.2) is 13.1 Å². The molecule has 0 bridgehead atoms.